The number of esters is 1. The molecule has 0 N–H and O–H groups in total. The fourth-order valence-electron chi connectivity index (χ4n) is 1.80. The molecule has 1 aliphatic heterocycles. The minimum absolute atomic E-state index is 0.0988. The van der Waals surface area contributed by atoms with Crippen molar-refractivity contribution in [3.63, 3.8) is 0 Å². The van der Waals surface area contributed by atoms with Crippen LogP contribution in [0, 0.1) is 5.92 Å². The van der Waals surface area contributed by atoms with Crippen LogP contribution in [0.15, 0.2) is 0 Å². The third kappa shape index (κ3) is 4.54. The fourth-order valence-corrected chi connectivity index (χ4v) is 1.80. The van der Waals surface area contributed by atoms with Gasteiger partial charge in [0.25, 0.3) is 0 Å². The Labute approximate surface area is 113 Å². The topological polar surface area (TPSA) is 72.9 Å². The first-order valence-electron chi connectivity index (χ1n) is 6.42. The number of ether oxygens (including phenoxy) is 2. The van der Waals surface area contributed by atoms with Crippen LogP contribution in [0.1, 0.15) is 34.1 Å². The average Bonchev–Trinajstić information content (AvgIpc) is 2.26. The predicted octanol–water partition coefficient (Wildman–Crippen LogP) is 1.38. The number of ketones is 1. The maximum Gasteiger partial charge on any atom is 0.410 e. The Balaban J connectivity index is 2.56. The lowest BCUT2D eigenvalue weighted by Crippen LogP contribution is -2.48. The third-order valence-corrected chi connectivity index (χ3v) is 2.65. The number of piperidine rings is 1. The highest BCUT2D eigenvalue weighted by atomic mass is 16.6. The Morgan fingerprint density at radius 1 is 1.37 bits per heavy atom. The zero-order chi connectivity index (χ0) is 14.6. The fraction of sp³-hybridized carbons (Fsp3) is 0.769. The zero-order valence-electron chi connectivity index (χ0n) is 11.9. The normalized spacial score (nSPS) is 20.1. The lowest BCUT2D eigenvalue weighted by Gasteiger charge is -2.31. The maximum absolute atomic E-state index is 11.8. The number of carbonyl (C=O) groups is 3. The second-order valence-corrected chi connectivity index (χ2v) is 5.46. The molecule has 0 unspecified atom stereocenters. The van der Waals surface area contributed by atoms with Gasteiger partial charge in [-0.2, -0.15) is 0 Å². The molecule has 0 aliphatic carbocycles. The summed E-state index contributed by atoms with van der Waals surface area (Å²) in [5.74, 6) is -1.55. The number of likely N-dealkylation sites (tertiary alicyclic amines) is 1. The summed E-state index contributed by atoms with van der Waals surface area (Å²) in [6.45, 7) is 7.45. The quantitative estimate of drug-likeness (QED) is 0.560. The van der Waals surface area contributed by atoms with E-state index in [-0.39, 0.29) is 25.4 Å². The Morgan fingerprint density at radius 2 is 2.00 bits per heavy atom. The molecule has 0 spiro atoms. The molecule has 6 heteroatoms. The van der Waals surface area contributed by atoms with Crippen LogP contribution in [0.4, 0.5) is 4.79 Å². The summed E-state index contributed by atoms with van der Waals surface area (Å²) in [5, 5.41) is 0. The molecular weight excluding hydrogens is 250 g/mol. The van der Waals surface area contributed by atoms with E-state index in [2.05, 4.69) is 0 Å². The van der Waals surface area contributed by atoms with Crippen LogP contribution < -0.4 is 0 Å². The Kier molecular flexibility index (Phi) is 4.91. The van der Waals surface area contributed by atoms with Gasteiger partial charge in [0.15, 0.2) is 5.78 Å². The van der Waals surface area contributed by atoms with Crippen molar-refractivity contribution in [2.24, 2.45) is 5.92 Å². The third-order valence-electron chi connectivity index (χ3n) is 2.65. The minimum atomic E-state index is -0.751. The first-order chi connectivity index (χ1) is 8.74. The van der Waals surface area contributed by atoms with Crippen molar-refractivity contribution in [2.75, 3.05) is 19.7 Å². The van der Waals surface area contributed by atoms with E-state index in [4.69, 9.17) is 9.47 Å². The van der Waals surface area contributed by atoms with E-state index in [9.17, 15) is 14.4 Å². The van der Waals surface area contributed by atoms with Crippen LogP contribution in [-0.4, -0.2) is 48.0 Å². The van der Waals surface area contributed by atoms with Gasteiger partial charge in [0.05, 0.1) is 13.2 Å². The van der Waals surface area contributed by atoms with Crippen molar-refractivity contribution < 1.29 is 23.9 Å². The number of hydrogen-bond acceptors (Lipinski definition) is 5. The summed E-state index contributed by atoms with van der Waals surface area (Å²) in [6, 6.07) is 0. The van der Waals surface area contributed by atoms with Gasteiger partial charge in [-0.25, -0.2) is 4.79 Å². The van der Waals surface area contributed by atoms with Gasteiger partial charge in [0.1, 0.15) is 11.5 Å². The largest absolute Gasteiger partial charge is 0.465 e. The lowest BCUT2D eigenvalue weighted by molar-refractivity contribution is -0.153. The number of nitrogens with zero attached hydrogens (tertiary/aromatic N) is 1. The molecule has 6 nitrogen and oxygen atoms in total. The molecule has 0 aromatic carbocycles. The Morgan fingerprint density at radius 3 is 2.47 bits per heavy atom. The van der Waals surface area contributed by atoms with Crippen LogP contribution in [0.3, 0.4) is 0 Å². The van der Waals surface area contributed by atoms with E-state index in [1.165, 1.54) is 4.90 Å². The molecule has 1 amide bonds. The number of rotatable bonds is 2. The van der Waals surface area contributed by atoms with E-state index >= 15 is 0 Å². The zero-order valence-corrected chi connectivity index (χ0v) is 11.9. The van der Waals surface area contributed by atoms with Gasteiger partial charge >= 0.3 is 12.1 Å². The molecule has 1 atom stereocenters. The summed E-state index contributed by atoms with van der Waals surface area (Å²) in [5.41, 5.74) is -0.599. The highest BCUT2D eigenvalue weighted by Crippen LogP contribution is 2.18. The van der Waals surface area contributed by atoms with Gasteiger partial charge in [0, 0.05) is 6.54 Å². The van der Waals surface area contributed by atoms with Crippen molar-refractivity contribution in [3.8, 4) is 0 Å². The van der Waals surface area contributed by atoms with Gasteiger partial charge in [-0.15, -0.1) is 0 Å². The molecule has 19 heavy (non-hydrogen) atoms. The van der Waals surface area contributed by atoms with Crippen molar-refractivity contribution in [1.29, 1.82) is 0 Å². The monoisotopic (exact) mass is 271 g/mol. The lowest BCUT2D eigenvalue weighted by atomic mass is 9.96. The molecule has 0 aromatic rings. The highest BCUT2D eigenvalue weighted by Gasteiger charge is 2.36. The summed E-state index contributed by atoms with van der Waals surface area (Å²) in [6.07, 6.45) is -0.236. The van der Waals surface area contributed by atoms with Crippen LogP contribution in [0.5, 0.6) is 0 Å². The van der Waals surface area contributed by atoms with Crippen LogP contribution in [0.25, 0.3) is 0 Å². The molecule has 1 rings (SSSR count). The minimum Gasteiger partial charge on any atom is -0.465 e. The van der Waals surface area contributed by atoms with Crippen LogP contribution in [0.2, 0.25) is 0 Å². The highest BCUT2D eigenvalue weighted by molar-refractivity contribution is 6.01. The first-order valence-corrected chi connectivity index (χ1v) is 6.42. The van der Waals surface area contributed by atoms with Gasteiger partial charge in [-0.05, 0) is 34.1 Å². The van der Waals surface area contributed by atoms with E-state index in [0.717, 1.165) is 0 Å². The van der Waals surface area contributed by atoms with Gasteiger partial charge < -0.3 is 14.4 Å². The standard InChI is InChI=1S/C13H21NO5/c1-5-18-11(16)9-6-7-14(8-10(9)15)12(17)19-13(2,3)4/h9H,5-8H2,1-4H3/t9-/m1/s1. The van der Waals surface area contributed by atoms with E-state index in [1.54, 1.807) is 27.7 Å². The number of carbonyl (C=O) groups excluding carboxylic acids is 3. The summed E-state index contributed by atoms with van der Waals surface area (Å²) in [4.78, 5) is 36.5. The Hall–Kier alpha value is -1.59. The second-order valence-electron chi connectivity index (χ2n) is 5.46. The summed E-state index contributed by atoms with van der Waals surface area (Å²) >= 11 is 0. The molecule has 108 valence electrons. The van der Waals surface area contributed by atoms with Gasteiger partial charge in [-0.3, -0.25) is 9.59 Å². The molecule has 1 heterocycles. The van der Waals surface area contributed by atoms with Crippen molar-refractivity contribution in [3.05, 3.63) is 0 Å². The van der Waals surface area contributed by atoms with E-state index < -0.39 is 23.6 Å². The predicted molar refractivity (Wildman–Crippen MR) is 67.6 cm³/mol. The molecule has 1 aliphatic rings. The molecule has 1 saturated heterocycles. The van der Waals surface area contributed by atoms with Crippen molar-refractivity contribution in [2.45, 2.75) is 39.7 Å². The molecule has 0 saturated carbocycles. The van der Waals surface area contributed by atoms with Gasteiger partial charge in [-0.1, -0.05) is 0 Å². The molecule has 0 aromatic heterocycles. The number of hydrogen-bond donors (Lipinski definition) is 0. The first kappa shape index (κ1) is 15.5. The molecule has 1 fully saturated rings. The number of Topliss-reactive ketones (excluding diaryl/α,β-unsaturated/α-hetero) is 1. The van der Waals surface area contributed by atoms with E-state index in [0.29, 0.717) is 6.54 Å². The van der Waals surface area contributed by atoms with Crippen molar-refractivity contribution >= 4 is 17.8 Å². The molecular formula is C13H21NO5. The summed E-state index contributed by atoms with van der Waals surface area (Å²) < 4.78 is 10.0. The maximum atomic E-state index is 11.8. The average molecular weight is 271 g/mol. The molecule has 0 bridgehead atoms. The Bertz CT molecular complexity index is 372. The second kappa shape index (κ2) is 6.04. The SMILES string of the molecule is CCOC(=O)[C@@H]1CCN(C(=O)OC(C)(C)C)CC1=O. The smallest absolute Gasteiger partial charge is 0.410 e. The van der Waals surface area contributed by atoms with Crippen LogP contribution in [-0.2, 0) is 19.1 Å². The van der Waals surface area contributed by atoms with Crippen LogP contribution >= 0.6 is 0 Å². The number of amides is 1. The molecule has 0 radical (unpaired) electrons. The summed E-state index contributed by atoms with van der Waals surface area (Å²) in [7, 11) is 0. The van der Waals surface area contributed by atoms with E-state index in [1.807, 2.05) is 0 Å². The van der Waals surface area contributed by atoms with Gasteiger partial charge in [0.2, 0.25) is 0 Å². The van der Waals surface area contributed by atoms with Crippen molar-refractivity contribution in [1.82, 2.24) is 4.90 Å².